The number of azo groups is 1. The summed E-state index contributed by atoms with van der Waals surface area (Å²) in [6, 6.07) is 9.63. The molecule has 1 aromatic carbocycles. The summed E-state index contributed by atoms with van der Waals surface area (Å²) >= 11 is 7.69. The molecular formula is C17H12ClN5S. The van der Waals surface area contributed by atoms with E-state index in [4.69, 9.17) is 11.6 Å². The van der Waals surface area contributed by atoms with Crippen molar-refractivity contribution in [3.05, 3.63) is 53.1 Å². The van der Waals surface area contributed by atoms with Crippen LogP contribution in [0.3, 0.4) is 0 Å². The van der Waals surface area contributed by atoms with Crippen molar-refractivity contribution in [3.63, 3.8) is 0 Å². The summed E-state index contributed by atoms with van der Waals surface area (Å²) in [6.45, 7) is 3.95. The molecular weight excluding hydrogens is 342 g/mol. The van der Waals surface area contributed by atoms with Crippen LogP contribution in [0.5, 0.6) is 0 Å². The minimum atomic E-state index is 0.451. The van der Waals surface area contributed by atoms with Gasteiger partial charge in [0.25, 0.3) is 0 Å². The molecule has 0 unspecified atom stereocenters. The lowest BCUT2D eigenvalue weighted by Gasteiger charge is -2.05. The predicted octanol–water partition coefficient (Wildman–Crippen LogP) is 5.93. The van der Waals surface area contributed by atoms with Crippen LogP contribution in [0.4, 0.5) is 11.4 Å². The summed E-state index contributed by atoms with van der Waals surface area (Å²) in [6.07, 6.45) is 1.47. The van der Waals surface area contributed by atoms with Crippen LogP contribution < -0.4 is 0 Å². The number of halogens is 1. The second kappa shape index (κ2) is 5.89. The number of aryl methyl sites for hydroxylation is 2. The van der Waals surface area contributed by atoms with E-state index < -0.39 is 0 Å². The Hall–Kier alpha value is -2.44. The van der Waals surface area contributed by atoms with Gasteiger partial charge in [0.15, 0.2) is 0 Å². The van der Waals surface area contributed by atoms with Crippen LogP contribution in [0.1, 0.15) is 11.3 Å². The fourth-order valence-electron chi connectivity index (χ4n) is 2.63. The third-order valence-corrected chi connectivity index (χ3v) is 5.25. The number of benzene rings is 1. The van der Waals surface area contributed by atoms with Crippen LogP contribution in [0.15, 0.2) is 46.9 Å². The van der Waals surface area contributed by atoms with Crippen LogP contribution in [-0.2, 0) is 0 Å². The summed E-state index contributed by atoms with van der Waals surface area (Å²) in [5.74, 6) is 0. The van der Waals surface area contributed by atoms with Crippen molar-refractivity contribution in [1.29, 1.82) is 0 Å². The lowest BCUT2D eigenvalue weighted by Crippen LogP contribution is -1.87. The standard InChI is InChI=1S/C17H12ClN5S/c1-9-12-14-15(16(18)20-8-19-14)24-17(12)21-10(2)13(9)23-22-11-6-4-3-5-7-11/h3-8H,1-2H3. The average molecular weight is 354 g/mol. The van der Waals surface area contributed by atoms with Crippen molar-refractivity contribution < 1.29 is 0 Å². The average Bonchev–Trinajstić information content (AvgIpc) is 2.95. The largest absolute Gasteiger partial charge is 0.240 e. The van der Waals surface area contributed by atoms with Crippen LogP contribution in [-0.4, -0.2) is 15.0 Å². The minimum Gasteiger partial charge on any atom is -0.240 e. The van der Waals surface area contributed by atoms with E-state index in [0.29, 0.717) is 5.15 Å². The Morgan fingerprint density at radius 3 is 2.62 bits per heavy atom. The molecule has 0 saturated heterocycles. The molecule has 4 rings (SSSR count). The second-order valence-corrected chi connectivity index (χ2v) is 6.69. The van der Waals surface area contributed by atoms with Crippen LogP contribution in [0.25, 0.3) is 20.4 Å². The molecule has 7 heteroatoms. The minimum absolute atomic E-state index is 0.451. The summed E-state index contributed by atoms with van der Waals surface area (Å²) in [4.78, 5) is 14.0. The first kappa shape index (κ1) is 15.1. The van der Waals surface area contributed by atoms with E-state index in [1.807, 2.05) is 44.2 Å². The summed E-state index contributed by atoms with van der Waals surface area (Å²) in [5.41, 5.74) is 4.21. The zero-order valence-corrected chi connectivity index (χ0v) is 14.6. The number of pyridine rings is 1. The van der Waals surface area contributed by atoms with E-state index in [1.165, 1.54) is 17.7 Å². The predicted molar refractivity (Wildman–Crippen MR) is 97.8 cm³/mol. The van der Waals surface area contributed by atoms with Crippen LogP contribution in [0, 0.1) is 13.8 Å². The molecule has 0 radical (unpaired) electrons. The van der Waals surface area contributed by atoms with Gasteiger partial charge < -0.3 is 0 Å². The molecule has 0 N–H and O–H groups in total. The Kier molecular flexibility index (Phi) is 3.70. The topological polar surface area (TPSA) is 63.4 Å². The van der Waals surface area contributed by atoms with Gasteiger partial charge in [-0.2, -0.15) is 5.11 Å². The van der Waals surface area contributed by atoms with Gasteiger partial charge in [-0.05, 0) is 31.5 Å². The summed E-state index contributed by atoms with van der Waals surface area (Å²) < 4.78 is 0.848. The van der Waals surface area contributed by atoms with Crippen molar-refractivity contribution in [2.75, 3.05) is 0 Å². The highest BCUT2D eigenvalue weighted by molar-refractivity contribution is 7.26. The highest BCUT2D eigenvalue weighted by atomic mass is 35.5. The quantitative estimate of drug-likeness (QED) is 0.331. The molecule has 24 heavy (non-hydrogen) atoms. The Morgan fingerprint density at radius 2 is 1.83 bits per heavy atom. The molecule has 0 aliphatic carbocycles. The van der Waals surface area contributed by atoms with E-state index in [9.17, 15) is 0 Å². The smallest absolute Gasteiger partial charge is 0.150 e. The SMILES string of the molecule is Cc1nc2sc3c(Cl)ncnc3c2c(C)c1N=Nc1ccccc1. The first-order valence-electron chi connectivity index (χ1n) is 7.32. The van der Waals surface area contributed by atoms with Crippen molar-refractivity contribution in [2.24, 2.45) is 10.2 Å². The molecule has 5 nitrogen and oxygen atoms in total. The summed E-state index contributed by atoms with van der Waals surface area (Å²) in [5, 5.41) is 10.2. The molecule has 0 spiro atoms. The third-order valence-electron chi connectivity index (χ3n) is 3.77. The van der Waals surface area contributed by atoms with Gasteiger partial charge >= 0.3 is 0 Å². The first-order chi connectivity index (χ1) is 11.6. The van der Waals surface area contributed by atoms with E-state index in [1.54, 1.807) is 0 Å². The monoisotopic (exact) mass is 353 g/mol. The highest BCUT2D eigenvalue weighted by Gasteiger charge is 2.17. The third kappa shape index (κ3) is 2.44. The molecule has 0 amide bonds. The molecule has 0 fully saturated rings. The Morgan fingerprint density at radius 1 is 1.04 bits per heavy atom. The summed E-state index contributed by atoms with van der Waals surface area (Å²) in [7, 11) is 0. The number of aromatic nitrogens is 3. The normalized spacial score (nSPS) is 11.8. The number of hydrogen-bond donors (Lipinski definition) is 0. The highest BCUT2D eigenvalue weighted by Crippen LogP contribution is 2.40. The van der Waals surface area contributed by atoms with Gasteiger partial charge in [-0.3, -0.25) is 0 Å². The fraction of sp³-hybridized carbons (Fsp3) is 0.118. The number of nitrogens with zero attached hydrogens (tertiary/aromatic N) is 5. The molecule has 0 atom stereocenters. The van der Waals surface area contributed by atoms with Gasteiger partial charge in [0.05, 0.1) is 21.6 Å². The Bertz CT molecular complexity index is 1090. The zero-order valence-electron chi connectivity index (χ0n) is 13.0. The first-order valence-corrected chi connectivity index (χ1v) is 8.51. The molecule has 4 aromatic rings. The van der Waals surface area contributed by atoms with Crippen molar-refractivity contribution in [2.45, 2.75) is 13.8 Å². The lowest BCUT2D eigenvalue weighted by atomic mass is 10.1. The maximum Gasteiger partial charge on any atom is 0.150 e. The van der Waals surface area contributed by atoms with E-state index in [-0.39, 0.29) is 0 Å². The van der Waals surface area contributed by atoms with Gasteiger partial charge in [-0.1, -0.05) is 29.8 Å². The molecule has 0 aliphatic heterocycles. The number of rotatable bonds is 2. The van der Waals surface area contributed by atoms with Gasteiger partial charge in [0, 0.05) is 5.39 Å². The number of fused-ring (bicyclic) bond motifs is 3. The van der Waals surface area contributed by atoms with Crippen molar-refractivity contribution >= 4 is 54.7 Å². The Balaban J connectivity index is 1.95. The molecule has 3 aromatic heterocycles. The molecule has 3 heterocycles. The fourth-order valence-corrected chi connectivity index (χ4v) is 4.00. The van der Waals surface area contributed by atoms with Crippen molar-refractivity contribution in [3.8, 4) is 0 Å². The van der Waals surface area contributed by atoms with E-state index in [0.717, 1.165) is 43.1 Å². The Labute approximate surface area is 147 Å². The van der Waals surface area contributed by atoms with Crippen LogP contribution >= 0.6 is 22.9 Å². The lowest BCUT2D eigenvalue weighted by molar-refractivity contribution is 1.15. The molecule has 0 bridgehead atoms. The molecule has 118 valence electrons. The van der Waals surface area contributed by atoms with Gasteiger partial charge in [-0.15, -0.1) is 16.5 Å². The van der Waals surface area contributed by atoms with Crippen molar-refractivity contribution in [1.82, 2.24) is 15.0 Å². The molecule has 0 saturated carbocycles. The van der Waals surface area contributed by atoms with Gasteiger partial charge in [0.1, 0.15) is 22.0 Å². The number of thiophene rings is 1. The maximum atomic E-state index is 6.19. The zero-order chi connectivity index (χ0) is 16.7. The van der Waals surface area contributed by atoms with Gasteiger partial charge in [0.2, 0.25) is 0 Å². The number of hydrogen-bond acceptors (Lipinski definition) is 6. The maximum absolute atomic E-state index is 6.19. The van der Waals surface area contributed by atoms with E-state index >= 15 is 0 Å². The second-order valence-electron chi connectivity index (χ2n) is 5.33. The van der Waals surface area contributed by atoms with Gasteiger partial charge in [-0.25, -0.2) is 15.0 Å². The molecule has 0 aliphatic rings. The van der Waals surface area contributed by atoms with E-state index in [2.05, 4.69) is 25.2 Å². The van der Waals surface area contributed by atoms with Crippen LogP contribution in [0.2, 0.25) is 5.15 Å².